The Bertz CT molecular complexity index is 1400. The number of hydrogen-bond donors (Lipinski definition) is 1. The number of aromatic nitrogens is 2. The minimum Gasteiger partial charge on any atom is -0.490 e. The lowest BCUT2D eigenvalue weighted by Crippen LogP contribution is -2.40. The molecular formula is C29H33N3O5. The monoisotopic (exact) mass is 503 g/mol. The number of likely N-dealkylation sites (tertiary alicyclic amines) is 1. The molecule has 0 aliphatic carbocycles. The zero-order chi connectivity index (χ0) is 25.6. The van der Waals surface area contributed by atoms with Crippen LogP contribution in [0.5, 0.6) is 11.5 Å². The molecule has 1 fully saturated rings. The van der Waals surface area contributed by atoms with Gasteiger partial charge in [0.25, 0.3) is 5.89 Å². The number of β-amino-alcohol motifs (C(OH)–C–C–N with tert-alkyl or cyclic N) is 1. The Kier molecular flexibility index (Phi) is 6.16. The molecule has 0 amide bonds. The van der Waals surface area contributed by atoms with Gasteiger partial charge >= 0.3 is 0 Å². The fraction of sp³-hybridized carbons (Fsp3) is 0.448. The average Bonchev–Trinajstić information content (AvgIpc) is 3.58. The molecule has 2 aliphatic heterocycles. The second kappa shape index (κ2) is 9.50. The van der Waals surface area contributed by atoms with Crippen LogP contribution in [-0.4, -0.2) is 58.1 Å². The third-order valence-electron chi connectivity index (χ3n) is 7.31. The van der Waals surface area contributed by atoms with Crippen molar-refractivity contribution in [1.29, 1.82) is 0 Å². The predicted molar refractivity (Wildman–Crippen MR) is 139 cm³/mol. The number of hydrogen-bond acceptors (Lipinski definition) is 8. The maximum atomic E-state index is 10.7. The van der Waals surface area contributed by atoms with Crippen LogP contribution in [0.3, 0.4) is 0 Å². The van der Waals surface area contributed by atoms with Crippen molar-refractivity contribution in [2.24, 2.45) is 0 Å². The lowest BCUT2D eigenvalue weighted by molar-refractivity contribution is 0.0599. The van der Waals surface area contributed by atoms with E-state index < -0.39 is 6.10 Å². The van der Waals surface area contributed by atoms with Crippen molar-refractivity contribution < 1.29 is 23.4 Å². The van der Waals surface area contributed by atoms with E-state index in [1.165, 1.54) is 11.1 Å². The number of piperidine rings is 1. The van der Waals surface area contributed by atoms with E-state index in [0.717, 1.165) is 43.5 Å². The molecule has 0 spiro atoms. The molecule has 8 heteroatoms. The lowest BCUT2D eigenvalue weighted by Gasteiger charge is -2.33. The number of benzene rings is 2. The van der Waals surface area contributed by atoms with E-state index in [1.54, 1.807) is 6.92 Å². The highest BCUT2D eigenvalue weighted by molar-refractivity contribution is 5.87. The predicted octanol–water partition coefficient (Wildman–Crippen LogP) is 5.12. The normalized spacial score (nSPS) is 18.6. The molecule has 37 heavy (non-hydrogen) atoms. The summed E-state index contributed by atoms with van der Waals surface area (Å²) in [5, 5.41) is 19.4. The van der Waals surface area contributed by atoms with Gasteiger partial charge in [0.1, 0.15) is 35.4 Å². The van der Waals surface area contributed by atoms with E-state index in [-0.39, 0.29) is 12.2 Å². The van der Waals surface area contributed by atoms with Crippen molar-refractivity contribution in [2.45, 2.75) is 57.7 Å². The molecule has 2 aromatic carbocycles. The van der Waals surface area contributed by atoms with Gasteiger partial charge in [-0.15, -0.1) is 10.2 Å². The Morgan fingerprint density at radius 3 is 2.73 bits per heavy atom. The first kappa shape index (κ1) is 24.0. The highest BCUT2D eigenvalue weighted by atomic mass is 16.5. The second-order valence-corrected chi connectivity index (χ2v) is 10.9. The molecule has 4 aromatic rings. The molecule has 2 aliphatic rings. The molecule has 0 radical (unpaired) electrons. The number of aliphatic hydroxyl groups excluding tert-OH is 1. The van der Waals surface area contributed by atoms with Crippen molar-refractivity contribution in [3.8, 4) is 23.1 Å². The summed E-state index contributed by atoms with van der Waals surface area (Å²) in [6, 6.07) is 14.2. The number of aryl methyl sites for hydroxylation is 1. The van der Waals surface area contributed by atoms with Gasteiger partial charge in [0, 0.05) is 26.0 Å². The van der Waals surface area contributed by atoms with Crippen LogP contribution in [0.15, 0.2) is 51.3 Å². The van der Waals surface area contributed by atoms with Gasteiger partial charge in [0.05, 0.1) is 5.39 Å². The lowest BCUT2D eigenvalue weighted by atomic mass is 9.88. The molecule has 0 bridgehead atoms. The fourth-order valence-corrected chi connectivity index (χ4v) is 5.51. The molecule has 6 rings (SSSR count). The van der Waals surface area contributed by atoms with Crippen LogP contribution in [-0.2, 0) is 6.42 Å². The van der Waals surface area contributed by atoms with Crippen molar-refractivity contribution in [3.05, 3.63) is 59.5 Å². The largest absolute Gasteiger partial charge is 0.490 e. The molecule has 4 heterocycles. The van der Waals surface area contributed by atoms with E-state index in [1.807, 2.05) is 24.3 Å². The molecule has 0 saturated carbocycles. The van der Waals surface area contributed by atoms with Crippen molar-refractivity contribution in [2.75, 3.05) is 26.2 Å². The summed E-state index contributed by atoms with van der Waals surface area (Å²) >= 11 is 0. The van der Waals surface area contributed by atoms with E-state index in [0.29, 0.717) is 41.3 Å². The Labute approximate surface area is 216 Å². The first-order valence-electron chi connectivity index (χ1n) is 13.0. The first-order chi connectivity index (χ1) is 17.8. The molecular weight excluding hydrogens is 470 g/mol. The molecule has 8 nitrogen and oxygen atoms in total. The molecule has 1 saturated heterocycles. The SMILES string of the molecule is Cc1nnc(-c2cc3c(OC[C@@H](O)CN4CCC(c5ccc6c(c5)OC(C)(C)C6)CC4)cccc3o2)o1. The quantitative estimate of drug-likeness (QED) is 0.371. The molecule has 194 valence electrons. The Balaban J connectivity index is 1.02. The highest BCUT2D eigenvalue weighted by Crippen LogP contribution is 2.39. The van der Waals surface area contributed by atoms with Crippen LogP contribution < -0.4 is 9.47 Å². The third kappa shape index (κ3) is 5.08. The van der Waals surface area contributed by atoms with Crippen LogP contribution in [0, 0.1) is 6.92 Å². The number of nitrogens with zero attached hydrogens (tertiary/aromatic N) is 3. The van der Waals surface area contributed by atoms with E-state index >= 15 is 0 Å². The minimum atomic E-state index is -0.590. The fourth-order valence-electron chi connectivity index (χ4n) is 5.51. The van der Waals surface area contributed by atoms with Crippen LogP contribution in [0.2, 0.25) is 0 Å². The van der Waals surface area contributed by atoms with Crippen LogP contribution in [0.4, 0.5) is 0 Å². The molecule has 1 N–H and O–H groups in total. The van der Waals surface area contributed by atoms with Gasteiger partial charge in [0.2, 0.25) is 5.89 Å². The van der Waals surface area contributed by atoms with Gasteiger partial charge in [-0.1, -0.05) is 18.2 Å². The molecule has 2 aromatic heterocycles. The smallest absolute Gasteiger partial charge is 0.283 e. The number of aliphatic hydroxyl groups is 1. The topological polar surface area (TPSA) is 94.0 Å². The van der Waals surface area contributed by atoms with Gasteiger partial charge in [-0.05, 0) is 75.0 Å². The van der Waals surface area contributed by atoms with Gasteiger partial charge < -0.3 is 28.3 Å². The number of rotatable bonds is 7. The minimum absolute atomic E-state index is 0.110. The average molecular weight is 504 g/mol. The summed E-state index contributed by atoms with van der Waals surface area (Å²) in [6.07, 6.45) is 2.52. The van der Waals surface area contributed by atoms with Crippen LogP contribution >= 0.6 is 0 Å². The van der Waals surface area contributed by atoms with Crippen LogP contribution in [0.25, 0.3) is 22.6 Å². The van der Waals surface area contributed by atoms with E-state index in [2.05, 4.69) is 47.1 Å². The number of ether oxygens (including phenoxy) is 2. The van der Waals surface area contributed by atoms with Crippen LogP contribution in [0.1, 0.15) is 49.6 Å². The third-order valence-corrected chi connectivity index (χ3v) is 7.31. The Morgan fingerprint density at radius 1 is 1.11 bits per heavy atom. The summed E-state index contributed by atoms with van der Waals surface area (Å²) in [7, 11) is 0. The maximum Gasteiger partial charge on any atom is 0.283 e. The zero-order valence-corrected chi connectivity index (χ0v) is 21.6. The van der Waals surface area contributed by atoms with Crippen molar-refractivity contribution >= 4 is 11.0 Å². The Hall–Kier alpha value is -3.36. The van der Waals surface area contributed by atoms with Gasteiger partial charge in [0.15, 0.2) is 5.76 Å². The maximum absolute atomic E-state index is 10.7. The van der Waals surface area contributed by atoms with Gasteiger partial charge in [-0.2, -0.15) is 0 Å². The van der Waals surface area contributed by atoms with Crippen molar-refractivity contribution in [3.63, 3.8) is 0 Å². The van der Waals surface area contributed by atoms with Crippen molar-refractivity contribution in [1.82, 2.24) is 15.1 Å². The summed E-state index contributed by atoms with van der Waals surface area (Å²) in [5.41, 5.74) is 3.23. The second-order valence-electron chi connectivity index (χ2n) is 10.9. The summed E-state index contributed by atoms with van der Waals surface area (Å²) in [6.45, 7) is 8.72. The van der Waals surface area contributed by atoms with E-state index in [9.17, 15) is 5.11 Å². The standard InChI is InChI=1S/C29H33N3O5/c1-18-30-31-28(35-18)27-14-23-24(5-4-6-25(23)36-27)34-17-22(33)16-32-11-9-19(10-12-32)20-7-8-21-15-29(2,3)37-26(21)13-20/h4-8,13-14,19,22,33H,9-12,15-17H2,1-3H3/t22-/m0/s1. The number of fused-ring (bicyclic) bond motifs is 2. The van der Waals surface area contributed by atoms with E-state index in [4.69, 9.17) is 18.3 Å². The summed E-state index contributed by atoms with van der Waals surface area (Å²) in [4.78, 5) is 2.33. The number of furan rings is 1. The molecule has 1 atom stereocenters. The summed E-state index contributed by atoms with van der Waals surface area (Å²) < 4.78 is 23.5. The highest BCUT2D eigenvalue weighted by Gasteiger charge is 2.31. The molecule has 0 unspecified atom stereocenters. The van der Waals surface area contributed by atoms with Gasteiger partial charge in [-0.25, -0.2) is 0 Å². The first-order valence-corrected chi connectivity index (χ1v) is 13.0. The van der Waals surface area contributed by atoms with Gasteiger partial charge in [-0.3, -0.25) is 0 Å². The summed E-state index contributed by atoms with van der Waals surface area (Å²) in [5.74, 6) is 3.53. The zero-order valence-electron chi connectivity index (χ0n) is 21.6. The Morgan fingerprint density at radius 2 is 1.95 bits per heavy atom.